The van der Waals surface area contributed by atoms with E-state index in [0.29, 0.717) is 12.5 Å². The molecule has 1 N–H and O–H groups in total. The van der Waals surface area contributed by atoms with Crippen LogP contribution in [0.5, 0.6) is 0 Å². The van der Waals surface area contributed by atoms with Gasteiger partial charge >= 0.3 is 11.9 Å². The molecule has 7 nitrogen and oxygen atoms in total. The van der Waals surface area contributed by atoms with Crippen LogP contribution in [0.25, 0.3) is 0 Å². The van der Waals surface area contributed by atoms with Gasteiger partial charge in [-0.3, -0.25) is 9.59 Å². The summed E-state index contributed by atoms with van der Waals surface area (Å²) in [7, 11) is 0. The SMILES string of the molecule is CCCCC/C=C\C/C=C\CCCCCCCC(=O)OCC(CO)COC(=O)C1CCN(C2CCN(CC)CC2)CC1. The minimum Gasteiger partial charge on any atom is -0.465 e. The van der Waals surface area contributed by atoms with Crippen molar-refractivity contribution in [2.75, 3.05) is 52.5 Å². The quantitative estimate of drug-likeness (QED) is 0.0855. The summed E-state index contributed by atoms with van der Waals surface area (Å²) in [4.78, 5) is 29.9. The van der Waals surface area contributed by atoms with Crippen molar-refractivity contribution < 1.29 is 24.2 Å². The van der Waals surface area contributed by atoms with Gasteiger partial charge < -0.3 is 24.4 Å². The first-order chi connectivity index (χ1) is 20.6. The minimum absolute atomic E-state index is 0.0721. The first-order valence-corrected chi connectivity index (χ1v) is 17.3. The molecule has 0 aromatic rings. The highest BCUT2D eigenvalue weighted by molar-refractivity contribution is 5.72. The van der Waals surface area contributed by atoms with Gasteiger partial charge in [0.25, 0.3) is 0 Å². The summed E-state index contributed by atoms with van der Waals surface area (Å²) in [5, 5.41) is 9.69. The molecule has 42 heavy (non-hydrogen) atoms. The maximum atomic E-state index is 12.6. The lowest BCUT2D eigenvalue weighted by Crippen LogP contribution is -2.48. The average molecular weight is 591 g/mol. The van der Waals surface area contributed by atoms with Crippen molar-refractivity contribution >= 4 is 11.9 Å². The van der Waals surface area contributed by atoms with Crippen LogP contribution in [-0.2, 0) is 19.1 Å². The standard InChI is InChI=1S/C35H62N2O5/c1-3-5-6-7-8-9-10-11-12-13-14-15-16-17-18-19-34(39)41-29-31(28-38)30-42-35(40)32-20-26-37(27-21-32)33-22-24-36(4-2)25-23-33/h8-9,11-12,31-33,38H,3-7,10,13-30H2,1-2H3/b9-8-,12-11-. The Morgan fingerprint density at radius 2 is 1.40 bits per heavy atom. The molecule has 0 aromatic carbocycles. The second-order valence-electron chi connectivity index (χ2n) is 12.3. The van der Waals surface area contributed by atoms with Crippen molar-refractivity contribution in [3.05, 3.63) is 24.3 Å². The number of aliphatic hydroxyl groups excluding tert-OH is 1. The summed E-state index contributed by atoms with van der Waals surface area (Å²) < 4.78 is 10.9. The van der Waals surface area contributed by atoms with E-state index in [4.69, 9.17) is 9.47 Å². The van der Waals surface area contributed by atoms with Gasteiger partial charge in [0.1, 0.15) is 0 Å². The Kier molecular flexibility index (Phi) is 20.6. The van der Waals surface area contributed by atoms with E-state index in [1.165, 1.54) is 64.5 Å². The highest BCUT2D eigenvalue weighted by Gasteiger charge is 2.31. The molecule has 0 amide bonds. The van der Waals surface area contributed by atoms with Gasteiger partial charge in [0.2, 0.25) is 0 Å². The molecular formula is C35H62N2O5. The minimum atomic E-state index is -0.369. The normalized spacial score (nSPS) is 18.6. The number of carbonyl (C=O) groups excluding carboxylic acids is 2. The van der Waals surface area contributed by atoms with Gasteiger partial charge in [0, 0.05) is 12.5 Å². The van der Waals surface area contributed by atoms with E-state index in [1.807, 2.05) is 0 Å². The molecule has 2 saturated heterocycles. The van der Waals surface area contributed by atoms with Crippen LogP contribution in [0.1, 0.15) is 117 Å². The number of carbonyl (C=O) groups is 2. The van der Waals surface area contributed by atoms with Gasteiger partial charge in [-0.15, -0.1) is 0 Å². The Morgan fingerprint density at radius 3 is 2.05 bits per heavy atom. The Morgan fingerprint density at radius 1 is 0.786 bits per heavy atom. The smallest absolute Gasteiger partial charge is 0.309 e. The van der Waals surface area contributed by atoms with Crippen molar-refractivity contribution in [3.63, 3.8) is 0 Å². The number of hydrogen-bond donors (Lipinski definition) is 1. The number of rotatable bonds is 22. The molecule has 2 aliphatic heterocycles. The van der Waals surface area contributed by atoms with Crippen molar-refractivity contribution in [3.8, 4) is 0 Å². The van der Waals surface area contributed by atoms with Gasteiger partial charge in [-0.05, 0) is 96.9 Å². The van der Waals surface area contributed by atoms with Crippen LogP contribution in [-0.4, -0.2) is 85.4 Å². The zero-order valence-electron chi connectivity index (χ0n) is 27.0. The summed E-state index contributed by atoms with van der Waals surface area (Å²) in [6.45, 7) is 9.86. The summed E-state index contributed by atoms with van der Waals surface area (Å²) in [6, 6.07) is 0.642. The van der Waals surface area contributed by atoms with Gasteiger partial charge in [0.05, 0.1) is 31.7 Å². The first kappa shape index (κ1) is 36.5. The number of unbranched alkanes of at least 4 members (excludes halogenated alkanes) is 8. The second kappa shape index (κ2) is 23.7. The highest BCUT2D eigenvalue weighted by atomic mass is 16.5. The topological polar surface area (TPSA) is 79.3 Å². The molecule has 0 aromatic heterocycles. The van der Waals surface area contributed by atoms with Crippen LogP contribution in [0.15, 0.2) is 24.3 Å². The Balaban J connectivity index is 1.44. The van der Waals surface area contributed by atoms with Crippen LogP contribution >= 0.6 is 0 Å². The van der Waals surface area contributed by atoms with Gasteiger partial charge in [-0.1, -0.05) is 70.3 Å². The number of hydrogen-bond acceptors (Lipinski definition) is 7. The lowest BCUT2D eigenvalue weighted by atomic mass is 9.93. The van der Waals surface area contributed by atoms with E-state index in [-0.39, 0.29) is 43.6 Å². The average Bonchev–Trinajstić information content (AvgIpc) is 3.03. The molecule has 0 saturated carbocycles. The van der Waals surface area contributed by atoms with Crippen LogP contribution in [0.4, 0.5) is 0 Å². The van der Waals surface area contributed by atoms with Gasteiger partial charge in [-0.25, -0.2) is 0 Å². The van der Waals surface area contributed by atoms with E-state index < -0.39 is 0 Å². The third-order valence-electron chi connectivity index (χ3n) is 8.91. The van der Waals surface area contributed by atoms with E-state index in [2.05, 4.69) is 48.0 Å². The molecule has 2 rings (SSSR count). The van der Waals surface area contributed by atoms with Crippen molar-refractivity contribution in [2.24, 2.45) is 11.8 Å². The Bertz CT molecular complexity index is 754. The molecule has 0 spiro atoms. The van der Waals surface area contributed by atoms with Crippen LogP contribution in [0.2, 0.25) is 0 Å². The number of likely N-dealkylation sites (tertiary alicyclic amines) is 2. The second-order valence-corrected chi connectivity index (χ2v) is 12.3. The summed E-state index contributed by atoms with van der Waals surface area (Å²) >= 11 is 0. The molecule has 2 fully saturated rings. The molecule has 2 aliphatic rings. The Hall–Kier alpha value is -1.70. The molecule has 7 heteroatoms. The molecule has 1 atom stereocenters. The lowest BCUT2D eigenvalue weighted by Gasteiger charge is -2.41. The van der Waals surface area contributed by atoms with E-state index in [0.717, 1.165) is 64.6 Å². The predicted octanol–water partition coefficient (Wildman–Crippen LogP) is 6.69. The molecule has 2 heterocycles. The van der Waals surface area contributed by atoms with Crippen molar-refractivity contribution in [1.82, 2.24) is 9.80 Å². The maximum absolute atomic E-state index is 12.6. The Labute approximate surface area is 257 Å². The fraction of sp³-hybridized carbons (Fsp3) is 0.829. The number of aliphatic hydroxyl groups is 1. The van der Waals surface area contributed by atoms with Crippen molar-refractivity contribution in [2.45, 2.75) is 123 Å². The first-order valence-electron chi connectivity index (χ1n) is 17.3. The number of esters is 2. The van der Waals surface area contributed by atoms with Crippen molar-refractivity contribution in [1.29, 1.82) is 0 Å². The zero-order chi connectivity index (χ0) is 30.3. The van der Waals surface area contributed by atoms with E-state index in [9.17, 15) is 14.7 Å². The van der Waals surface area contributed by atoms with Crippen LogP contribution in [0.3, 0.4) is 0 Å². The van der Waals surface area contributed by atoms with Crippen LogP contribution in [0, 0.1) is 11.8 Å². The molecule has 1 unspecified atom stereocenters. The number of ether oxygens (including phenoxy) is 2. The number of piperidine rings is 2. The predicted molar refractivity (Wildman–Crippen MR) is 171 cm³/mol. The lowest BCUT2D eigenvalue weighted by molar-refractivity contribution is -0.154. The van der Waals surface area contributed by atoms with E-state index >= 15 is 0 Å². The fourth-order valence-electron chi connectivity index (χ4n) is 5.94. The van der Waals surface area contributed by atoms with Gasteiger partial charge in [0.15, 0.2) is 0 Å². The molecule has 0 aliphatic carbocycles. The monoisotopic (exact) mass is 590 g/mol. The largest absolute Gasteiger partial charge is 0.465 e. The molecule has 0 radical (unpaired) electrons. The number of allylic oxidation sites excluding steroid dienone is 4. The highest BCUT2D eigenvalue weighted by Crippen LogP contribution is 2.25. The zero-order valence-corrected chi connectivity index (χ0v) is 27.0. The molecule has 242 valence electrons. The summed E-state index contributed by atoms with van der Waals surface area (Å²) in [5.41, 5.74) is 0. The third-order valence-corrected chi connectivity index (χ3v) is 8.91. The van der Waals surface area contributed by atoms with Gasteiger partial charge in [-0.2, -0.15) is 0 Å². The molecule has 0 bridgehead atoms. The summed E-state index contributed by atoms with van der Waals surface area (Å²) in [6.07, 6.45) is 26.2. The molecular weight excluding hydrogens is 528 g/mol. The summed E-state index contributed by atoms with van der Waals surface area (Å²) in [5.74, 6) is -0.850. The number of nitrogens with zero attached hydrogens (tertiary/aromatic N) is 2. The fourth-order valence-corrected chi connectivity index (χ4v) is 5.94. The van der Waals surface area contributed by atoms with E-state index in [1.54, 1.807) is 0 Å². The van der Waals surface area contributed by atoms with Crippen LogP contribution < -0.4 is 0 Å². The third kappa shape index (κ3) is 16.2. The maximum Gasteiger partial charge on any atom is 0.309 e.